The topological polar surface area (TPSA) is 67.4 Å². The summed E-state index contributed by atoms with van der Waals surface area (Å²) in [6.07, 6.45) is 2.95. The van der Waals surface area contributed by atoms with Gasteiger partial charge >= 0.3 is 5.97 Å². The molecule has 0 bridgehead atoms. The van der Waals surface area contributed by atoms with E-state index in [-0.39, 0.29) is 24.0 Å². The van der Waals surface area contributed by atoms with Crippen LogP contribution in [0.3, 0.4) is 0 Å². The van der Waals surface area contributed by atoms with Crippen molar-refractivity contribution in [3.63, 3.8) is 0 Å². The zero-order valence-electron chi connectivity index (χ0n) is 18.6. The molecule has 2 aromatic rings. The zero-order chi connectivity index (χ0) is 22.7. The standard InChI is InChI=1S/C26H31ClN2O3/c1-3-22(29-25(30)17-10-12-18(27)13-11-17)23-20-14-19(15-21(20)23)28-24(26(31)32-4-2)16-8-6-5-7-9-16/h5-13,19-24,28H,3-4,14-15H2,1-2H3,(H,29,30). The van der Waals surface area contributed by atoms with Crippen LogP contribution in [0.5, 0.6) is 0 Å². The molecular formula is C26H31ClN2O3. The summed E-state index contributed by atoms with van der Waals surface area (Å²) < 4.78 is 5.32. The van der Waals surface area contributed by atoms with Gasteiger partial charge in [-0.1, -0.05) is 48.9 Å². The minimum Gasteiger partial charge on any atom is -0.465 e. The van der Waals surface area contributed by atoms with Gasteiger partial charge in [-0.25, -0.2) is 4.79 Å². The van der Waals surface area contributed by atoms with Crippen LogP contribution in [0.15, 0.2) is 54.6 Å². The molecule has 4 unspecified atom stereocenters. The minimum atomic E-state index is -0.441. The fourth-order valence-electron chi connectivity index (χ4n) is 5.36. The third kappa shape index (κ3) is 5.00. The second kappa shape index (κ2) is 10.1. The lowest BCUT2D eigenvalue weighted by Crippen LogP contribution is -2.40. The van der Waals surface area contributed by atoms with Crippen molar-refractivity contribution in [3.8, 4) is 0 Å². The van der Waals surface area contributed by atoms with Gasteiger partial charge in [0, 0.05) is 22.7 Å². The van der Waals surface area contributed by atoms with Crippen molar-refractivity contribution >= 4 is 23.5 Å². The molecule has 4 atom stereocenters. The van der Waals surface area contributed by atoms with E-state index in [1.807, 2.05) is 37.3 Å². The van der Waals surface area contributed by atoms with Crippen LogP contribution in [-0.4, -0.2) is 30.6 Å². The first-order valence-corrected chi connectivity index (χ1v) is 11.9. The van der Waals surface area contributed by atoms with E-state index in [0.29, 0.717) is 34.9 Å². The molecule has 2 fully saturated rings. The highest BCUT2D eigenvalue weighted by Crippen LogP contribution is 2.59. The zero-order valence-corrected chi connectivity index (χ0v) is 19.3. The quantitative estimate of drug-likeness (QED) is 0.536. The van der Waals surface area contributed by atoms with Gasteiger partial charge in [0.05, 0.1) is 6.61 Å². The van der Waals surface area contributed by atoms with Gasteiger partial charge in [-0.2, -0.15) is 0 Å². The number of fused-ring (bicyclic) bond motifs is 1. The van der Waals surface area contributed by atoms with Gasteiger partial charge in [-0.05, 0) is 73.8 Å². The smallest absolute Gasteiger partial charge is 0.327 e. The van der Waals surface area contributed by atoms with Crippen LogP contribution in [0.2, 0.25) is 5.02 Å². The average Bonchev–Trinajstić information content (AvgIpc) is 3.29. The summed E-state index contributed by atoms with van der Waals surface area (Å²) in [6.45, 7) is 4.33. The maximum atomic E-state index is 12.7. The van der Waals surface area contributed by atoms with Crippen molar-refractivity contribution in [1.29, 1.82) is 0 Å². The summed E-state index contributed by atoms with van der Waals surface area (Å²) >= 11 is 5.93. The van der Waals surface area contributed by atoms with Crippen molar-refractivity contribution in [2.45, 2.75) is 51.2 Å². The van der Waals surface area contributed by atoms with Crippen LogP contribution in [0.1, 0.15) is 55.1 Å². The summed E-state index contributed by atoms with van der Waals surface area (Å²) in [4.78, 5) is 25.2. The molecule has 2 saturated carbocycles. The van der Waals surface area contributed by atoms with Gasteiger partial charge in [0.25, 0.3) is 5.91 Å². The Labute approximate surface area is 194 Å². The Balaban J connectivity index is 1.34. The monoisotopic (exact) mass is 454 g/mol. The van der Waals surface area contributed by atoms with Crippen LogP contribution < -0.4 is 10.6 Å². The molecule has 0 aliphatic heterocycles. The summed E-state index contributed by atoms with van der Waals surface area (Å²) in [7, 11) is 0. The van der Waals surface area contributed by atoms with Crippen molar-refractivity contribution < 1.29 is 14.3 Å². The molecule has 0 radical (unpaired) electrons. The van der Waals surface area contributed by atoms with Crippen molar-refractivity contribution in [2.75, 3.05) is 6.61 Å². The number of halogens is 1. The number of rotatable bonds is 9. The first-order valence-electron chi connectivity index (χ1n) is 11.6. The highest BCUT2D eigenvalue weighted by molar-refractivity contribution is 6.30. The van der Waals surface area contributed by atoms with Crippen molar-refractivity contribution in [2.24, 2.45) is 17.8 Å². The predicted octanol–water partition coefficient (Wildman–Crippen LogP) is 4.77. The normalized spacial score (nSPS) is 25.5. The van der Waals surface area contributed by atoms with Gasteiger partial charge in [-0.15, -0.1) is 0 Å². The fourth-order valence-corrected chi connectivity index (χ4v) is 5.48. The van der Waals surface area contributed by atoms with Crippen LogP contribution in [0.25, 0.3) is 0 Å². The lowest BCUT2D eigenvalue weighted by Gasteiger charge is -2.25. The lowest BCUT2D eigenvalue weighted by molar-refractivity contribution is -0.146. The fraction of sp³-hybridized carbons (Fsp3) is 0.462. The van der Waals surface area contributed by atoms with Crippen LogP contribution >= 0.6 is 11.6 Å². The number of carbonyl (C=O) groups excluding carboxylic acids is 2. The summed E-state index contributed by atoms with van der Waals surface area (Å²) in [6, 6.07) is 16.8. The third-order valence-electron chi connectivity index (χ3n) is 6.90. The molecule has 170 valence electrons. The van der Waals surface area contributed by atoms with Crippen molar-refractivity contribution in [3.05, 3.63) is 70.7 Å². The first kappa shape index (κ1) is 22.8. The molecular weight excluding hydrogens is 424 g/mol. The number of carbonyl (C=O) groups is 2. The SMILES string of the molecule is CCOC(=O)C(NC1CC2C(C1)C2C(CC)NC(=O)c1ccc(Cl)cc1)c1ccccc1. The molecule has 0 heterocycles. The number of hydrogen-bond donors (Lipinski definition) is 2. The first-order chi connectivity index (χ1) is 15.5. The molecule has 2 aromatic carbocycles. The highest BCUT2D eigenvalue weighted by atomic mass is 35.5. The average molecular weight is 455 g/mol. The summed E-state index contributed by atoms with van der Waals surface area (Å²) in [5.41, 5.74) is 1.57. The van der Waals surface area contributed by atoms with Crippen LogP contribution in [-0.2, 0) is 9.53 Å². The maximum Gasteiger partial charge on any atom is 0.327 e. The van der Waals surface area contributed by atoms with E-state index < -0.39 is 6.04 Å². The molecule has 0 saturated heterocycles. The maximum absolute atomic E-state index is 12.7. The van der Waals surface area contributed by atoms with E-state index in [2.05, 4.69) is 17.6 Å². The second-order valence-corrected chi connectivity index (χ2v) is 9.27. The van der Waals surface area contributed by atoms with Gasteiger partial charge in [0.1, 0.15) is 6.04 Å². The lowest BCUT2D eigenvalue weighted by atomic mass is 9.97. The summed E-state index contributed by atoms with van der Waals surface area (Å²) in [5, 5.41) is 7.41. The van der Waals surface area contributed by atoms with Gasteiger partial charge < -0.3 is 10.1 Å². The van der Waals surface area contributed by atoms with Crippen LogP contribution in [0.4, 0.5) is 0 Å². The van der Waals surface area contributed by atoms with Gasteiger partial charge in [0.2, 0.25) is 0 Å². The Kier molecular flexibility index (Phi) is 7.17. The van der Waals surface area contributed by atoms with E-state index in [9.17, 15) is 9.59 Å². The Bertz CT molecular complexity index is 922. The highest BCUT2D eigenvalue weighted by Gasteiger charge is 2.58. The minimum absolute atomic E-state index is 0.0420. The molecule has 1 amide bonds. The Hall–Kier alpha value is -2.37. The molecule has 0 aromatic heterocycles. The molecule has 5 nitrogen and oxygen atoms in total. The molecule has 0 spiro atoms. The molecule has 2 N–H and O–H groups in total. The largest absolute Gasteiger partial charge is 0.465 e. The predicted molar refractivity (Wildman–Crippen MR) is 125 cm³/mol. The molecule has 6 heteroatoms. The second-order valence-electron chi connectivity index (χ2n) is 8.83. The van der Waals surface area contributed by atoms with E-state index in [1.165, 1.54) is 0 Å². The number of esters is 1. The third-order valence-corrected chi connectivity index (χ3v) is 7.15. The summed E-state index contributed by atoms with van der Waals surface area (Å²) in [5.74, 6) is 1.41. The number of hydrogen-bond acceptors (Lipinski definition) is 4. The van der Waals surface area contributed by atoms with Gasteiger partial charge in [0.15, 0.2) is 0 Å². The number of amides is 1. The Morgan fingerprint density at radius 2 is 1.69 bits per heavy atom. The molecule has 2 aliphatic carbocycles. The molecule has 32 heavy (non-hydrogen) atoms. The van der Waals surface area contributed by atoms with E-state index in [1.54, 1.807) is 24.3 Å². The van der Waals surface area contributed by atoms with E-state index >= 15 is 0 Å². The molecule has 2 aliphatic rings. The van der Waals surface area contributed by atoms with E-state index in [0.717, 1.165) is 24.8 Å². The Morgan fingerprint density at radius 1 is 1.03 bits per heavy atom. The Morgan fingerprint density at radius 3 is 2.28 bits per heavy atom. The van der Waals surface area contributed by atoms with Crippen LogP contribution in [0, 0.1) is 17.8 Å². The molecule has 4 rings (SSSR count). The van der Waals surface area contributed by atoms with E-state index in [4.69, 9.17) is 16.3 Å². The number of nitrogens with one attached hydrogen (secondary N) is 2. The number of benzene rings is 2. The number of ether oxygens (including phenoxy) is 1. The van der Waals surface area contributed by atoms with Gasteiger partial charge in [-0.3, -0.25) is 10.1 Å². The van der Waals surface area contributed by atoms with Crippen molar-refractivity contribution in [1.82, 2.24) is 10.6 Å².